The van der Waals surface area contributed by atoms with Crippen molar-refractivity contribution in [2.75, 3.05) is 26.8 Å². The zero-order valence-corrected chi connectivity index (χ0v) is 12.7. The zero-order valence-electron chi connectivity index (χ0n) is 12.7. The van der Waals surface area contributed by atoms with E-state index in [0.717, 1.165) is 19.6 Å². The van der Waals surface area contributed by atoms with E-state index in [1.807, 2.05) is 0 Å². The third-order valence-electron chi connectivity index (χ3n) is 3.74. The summed E-state index contributed by atoms with van der Waals surface area (Å²) in [6, 6.07) is 9.45. The van der Waals surface area contributed by atoms with Crippen molar-refractivity contribution >= 4 is 0 Å². The highest BCUT2D eigenvalue weighted by Crippen LogP contribution is 2.22. The topological polar surface area (TPSA) is 38.5 Å². The van der Waals surface area contributed by atoms with Crippen LogP contribution in [0, 0.1) is 0 Å². The molecule has 2 atom stereocenters. The quantitative estimate of drug-likeness (QED) is 0.784. The number of ether oxygens (including phenoxy) is 1. The first kappa shape index (κ1) is 16.2. The fourth-order valence-electron chi connectivity index (χ4n) is 2.61. The van der Waals surface area contributed by atoms with Crippen molar-refractivity contribution in [2.45, 2.75) is 39.3 Å². The largest absolute Gasteiger partial charge is 0.383 e. The van der Waals surface area contributed by atoms with Crippen LogP contribution in [0.2, 0.25) is 0 Å². The molecule has 0 aliphatic heterocycles. The molecule has 2 N–H and O–H groups in total. The van der Waals surface area contributed by atoms with E-state index in [1.165, 1.54) is 11.1 Å². The Hall–Kier alpha value is -0.900. The Kier molecular flexibility index (Phi) is 7.06. The van der Waals surface area contributed by atoms with Crippen LogP contribution in [0.15, 0.2) is 24.3 Å². The lowest BCUT2D eigenvalue weighted by Gasteiger charge is -2.35. The van der Waals surface area contributed by atoms with Crippen LogP contribution in [0.4, 0.5) is 0 Å². The monoisotopic (exact) mass is 264 g/mol. The molecule has 3 nitrogen and oxygen atoms in total. The summed E-state index contributed by atoms with van der Waals surface area (Å²) in [5, 5.41) is 0. The predicted molar refractivity (Wildman–Crippen MR) is 81.3 cm³/mol. The molecule has 0 bridgehead atoms. The van der Waals surface area contributed by atoms with E-state index in [9.17, 15) is 0 Å². The molecule has 19 heavy (non-hydrogen) atoms. The summed E-state index contributed by atoms with van der Waals surface area (Å²) < 4.78 is 5.27. The van der Waals surface area contributed by atoms with Gasteiger partial charge >= 0.3 is 0 Å². The van der Waals surface area contributed by atoms with E-state index in [4.69, 9.17) is 10.5 Å². The molecular weight excluding hydrogens is 236 g/mol. The van der Waals surface area contributed by atoms with Gasteiger partial charge in [-0.15, -0.1) is 0 Å². The standard InChI is InChI=1S/C16H28N2O/c1-5-14-7-9-15(10-8-14)16(11-17)18(6-2)13(3)12-19-4/h7-10,13,16H,5-6,11-12,17H2,1-4H3. The van der Waals surface area contributed by atoms with Crippen LogP contribution in [-0.2, 0) is 11.2 Å². The minimum atomic E-state index is 0.265. The third kappa shape index (κ3) is 4.30. The molecule has 1 aromatic carbocycles. The Bertz CT molecular complexity index is 350. The summed E-state index contributed by atoms with van der Waals surface area (Å²) in [7, 11) is 1.75. The minimum Gasteiger partial charge on any atom is -0.383 e. The van der Waals surface area contributed by atoms with E-state index in [2.05, 4.69) is 49.9 Å². The summed E-state index contributed by atoms with van der Waals surface area (Å²) in [5.41, 5.74) is 8.67. The van der Waals surface area contributed by atoms with E-state index in [-0.39, 0.29) is 6.04 Å². The number of hydrogen-bond donors (Lipinski definition) is 1. The van der Waals surface area contributed by atoms with Gasteiger partial charge in [-0.05, 0) is 31.0 Å². The molecule has 0 saturated carbocycles. The summed E-state index contributed by atoms with van der Waals surface area (Å²) in [6.45, 7) is 8.88. The minimum absolute atomic E-state index is 0.265. The SMILES string of the molecule is CCc1ccc(C(CN)N(CC)C(C)COC)cc1. The highest BCUT2D eigenvalue weighted by molar-refractivity contribution is 5.25. The first-order valence-corrected chi connectivity index (χ1v) is 7.21. The highest BCUT2D eigenvalue weighted by Gasteiger charge is 2.22. The maximum atomic E-state index is 6.00. The molecular formula is C16H28N2O. The summed E-state index contributed by atoms with van der Waals surface area (Å²) in [5.74, 6) is 0. The number of nitrogens with zero attached hydrogens (tertiary/aromatic N) is 1. The van der Waals surface area contributed by atoms with E-state index < -0.39 is 0 Å². The lowest BCUT2D eigenvalue weighted by molar-refractivity contribution is 0.0751. The van der Waals surface area contributed by atoms with Gasteiger partial charge in [-0.1, -0.05) is 38.1 Å². The van der Waals surface area contributed by atoms with E-state index in [1.54, 1.807) is 7.11 Å². The van der Waals surface area contributed by atoms with Gasteiger partial charge in [-0.2, -0.15) is 0 Å². The first-order valence-electron chi connectivity index (χ1n) is 7.21. The number of benzene rings is 1. The van der Waals surface area contributed by atoms with Crippen molar-refractivity contribution in [2.24, 2.45) is 5.73 Å². The summed E-state index contributed by atoms with van der Waals surface area (Å²) >= 11 is 0. The normalized spacial score (nSPS) is 14.6. The molecule has 0 amide bonds. The number of rotatable bonds is 8. The number of methoxy groups -OCH3 is 1. The van der Waals surface area contributed by atoms with Gasteiger partial charge in [-0.25, -0.2) is 0 Å². The molecule has 0 fully saturated rings. The number of nitrogens with two attached hydrogens (primary N) is 1. The smallest absolute Gasteiger partial charge is 0.0615 e. The molecule has 0 saturated heterocycles. The summed E-state index contributed by atoms with van der Waals surface area (Å²) in [4.78, 5) is 2.41. The van der Waals surface area contributed by atoms with Crippen LogP contribution >= 0.6 is 0 Å². The van der Waals surface area contributed by atoms with Crippen molar-refractivity contribution in [1.29, 1.82) is 0 Å². The van der Waals surface area contributed by atoms with Gasteiger partial charge < -0.3 is 10.5 Å². The summed E-state index contributed by atoms with van der Waals surface area (Å²) in [6.07, 6.45) is 1.07. The van der Waals surface area contributed by atoms with Gasteiger partial charge in [0.05, 0.1) is 6.61 Å². The van der Waals surface area contributed by atoms with Crippen LogP contribution in [0.25, 0.3) is 0 Å². The Morgan fingerprint density at radius 3 is 2.26 bits per heavy atom. The lowest BCUT2D eigenvalue weighted by atomic mass is 10.0. The molecule has 0 heterocycles. The lowest BCUT2D eigenvalue weighted by Crippen LogP contribution is -2.42. The third-order valence-corrected chi connectivity index (χ3v) is 3.74. The first-order chi connectivity index (χ1) is 9.17. The van der Waals surface area contributed by atoms with Gasteiger partial charge in [0.2, 0.25) is 0 Å². The van der Waals surface area contributed by atoms with Crippen LogP contribution < -0.4 is 5.73 Å². The molecule has 0 aliphatic rings. The Labute approximate surface area is 117 Å². The zero-order chi connectivity index (χ0) is 14.3. The Morgan fingerprint density at radius 1 is 1.21 bits per heavy atom. The maximum Gasteiger partial charge on any atom is 0.0615 e. The van der Waals surface area contributed by atoms with Gasteiger partial charge in [-0.3, -0.25) is 4.90 Å². The van der Waals surface area contributed by atoms with Crippen molar-refractivity contribution in [1.82, 2.24) is 4.90 Å². The molecule has 0 spiro atoms. The molecule has 0 radical (unpaired) electrons. The van der Waals surface area contributed by atoms with Gasteiger partial charge in [0.15, 0.2) is 0 Å². The molecule has 2 unspecified atom stereocenters. The Morgan fingerprint density at radius 2 is 1.84 bits per heavy atom. The second kappa shape index (κ2) is 8.31. The average molecular weight is 264 g/mol. The van der Waals surface area contributed by atoms with Crippen molar-refractivity contribution in [3.8, 4) is 0 Å². The van der Waals surface area contributed by atoms with Gasteiger partial charge in [0.1, 0.15) is 0 Å². The molecule has 0 aliphatic carbocycles. The highest BCUT2D eigenvalue weighted by atomic mass is 16.5. The molecule has 1 aromatic rings. The van der Waals surface area contributed by atoms with E-state index in [0.29, 0.717) is 12.6 Å². The second-order valence-electron chi connectivity index (χ2n) is 4.98. The van der Waals surface area contributed by atoms with Crippen LogP contribution in [0.3, 0.4) is 0 Å². The molecule has 0 aromatic heterocycles. The average Bonchev–Trinajstić information content (AvgIpc) is 2.45. The Balaban J connectivity index is 2.89. The van der Waals surface area contributed by atoms with Crippen LogP contribution in [0.5, 0.6) is 0 Å². The fraction of sp³-hybridized carbons (Fsp3) is 0.625. The molecule has 1 rings (SSSR count). The predicted octanol–water partition coefficient (Wildman–Crippen LogP) is 2.61. The molecule has 3 heteroatoms. The van der Waals surface area contributed by atoms with Crippen molar-refractivity contribution < 1.29 is 4.74 Å². The van der Waals surface area contributed by atoms with Crippen LogP contribution in [0.1, 0.15) is 37.9 Å². The number of likely N-dealkylation sites (N-methyl/N-ethyl adjacent to an activating group) is 1. The van der Waals surface area contributed by atoms with Crippen LogP contribution in [-0.4, -0.2) is 37.7 Å². The fourth-order valence-corrected chi connectivity index (χ4v) is 2.61. The van der Waals surface area contributed by atoms with Gasteiger partial charge in [0, 0.05) is 25.7 Å². The number of aryl methyl sites for hydroxylation is 1. The van der Waals surface area contributed by atoms with Crippen molar-refractivity contribution in [3.05, 3.63) is 35.4 Å². The van der Waals surface area contributed by atoms with Crippen molar-refractivity contribution in [3.63, 3.8) is 0 Å². The van der Waals surface area contributed by atoms with Gasteiger partial charge in [0.25, 0.3) is 0 Å². The van der Waals surface area contributed by atoms with E-state index >= 15 is 0 Å². The maximum absolute atomic E-state index is 6.00. The molecule has 108 valence electrons. The second-order valence-corrected chi connectivity index (χ2v) is 4.98. The number of hydrogen-bond acceptors (Lipinski definition) is 3.